The fourth-order valence-corrected chi connectivity index (χ4v) is 3.29. The van der Waals surface area contributed by atoms with Crippen molar-refractivity contribution in [2.45, 2.75) is 25.9 Å². The molecule has 0 saturated carbocycles. The van der Waals surface area contributed by atoms with Gasteiger partial charge in [0.2, 0.25) is 0 Å². The van der Waals surface area contributed by atoms with Crippen LogP contribution in [0.3, 0.4) is 0 Å². The van der Waals surface area contributed by atoms with Crippen LogP contribution >= 0.6 is 22.9 Å². The number of nitrogens with one attached hydrogen (secondary N) is 1. The highest BCUT2D eigenvalue weighted by Crippen LogP contribution is 2.25. The Morgan fingerprint density at radius 3 is 2.84 bits per heavy atom. The Hall–Kier alpha value is -1.27. The number of hydrogen-bond acceptors (Lipinski definition) is 3. The number of aliphatic carboxylic acids is 1. The van der Waals surface area contributed by atoms with Crippen LogP contribution in [0.4, 0.5) is 4.79 Å². The Morgan fingerprint density at radius 2 is 2.32 bits per heavy atom. The van der Waals surface area contributed by atoms with E-state index in [4.69, 9.17) is 16.7 Å². The van der Waals surface area contributed by atoms with E-state index < -0.39 is 11.9 Å². The normalized spacial score (nSPS) is 22.5. The Balaban J connectivity index is 1.89. The third-order valence-electron chi connectivity index (χ3n) is 3.38. The molecule has 2 unspecified atom stereocenters. The standard InChI is InChI=1S/C12H15ClN2O3S/c1-7-9(11(16)17)4-5-15(7)12(18)14-6-8-2-3-10(13)19-8/h2-3,7,9H,4-6H2,1H3,(H,14,18)(H,16,17). The number of carbonyl (C=O) groups excluding carboxylic acids is 1. The van der Waals surface area contributed by atoms with Crippen LogP contribution in [-0.2, 0) is 11.3 Å². The molecule has 7 heteroatoms. The largest absolute Gasteiger partial charge is 0.481 e. The van der Waals surface area contributed by atoms with Gasteiger partial charge in [-0.2, -0.15) is 0 Å². The molecular formula is C12H15ClN2O3S. The van der Waals surface area contributed by atoms with E-state index in [-0.39, 0.29) is 12.1 Å². The van der Waals surface area contributed by atoms with Gasteiger partial charge in [0.15, 0.2) is 0 Å². The Bertz CT molecular complexity index is 491. The molecule has 1 aromatic heterocycles. The average Bonchev–Trinajstić information content (AvgIpc) is 2.92. The van der Waals surface area contributed by atoms with E-state index >= 15 is 0 Å². The first kappa shape index (κ1) is 14.1. The van der Waals surface area contributed by atoms with Crippen molar-refractivity contribution >= 4 is 34.9 Å². The molecule has 5 nitrogen and oxygen atoms in total. The third-order valence-corrected chi connectivity index (χ3v) is 4.61. The number of carbonyl (C=O) groups is 2. The first-order valence-electron chi connectivity index (χ1n) is 6.00. The lowest BCUT2D eigenvalue weighted by atomic mass is 10.0. The van der Waals surface area contributed by atoms with Crippen molar-refractivity contribution in [3.05, 3.63) is 21.3 Å². The minimum Gasteiger partial charge on any atom is -0.481 e. The van der Waals surface area contributed by atoms with Gasteiger partial charge in [-0.3, -0.25) is 4.79 Å². The van der Waals surface area contributed by atoms with Crippen LogP contribution in [0.15, 0.2) is 12.1 Å². The van der Waals surface area contributed by atoms with E-state index in [2.05, 4.69) is 5.32 Å². The molecule has 1 saturated heterocycles. The fraction of sp³-hybridized carbons (Fsp3) is 0.500. The predicted molar refractivity (Wildman–Crippen MR) is 73.5 cm³/mol. The average molecular weight is 303 g/mol. The number of thiophene rings is 1. The van der Waals surface area contributed by atoms with Crippen LogP contribution in [0.5, 0.6) is 0 Å². The number of likely N-dealkylation sites (tertiary alicyclic amines) is 1. The predicted octanol–water partition coefficient (Wildman–Crippen LogP) is 2.41. The quantitative estimate of drug-likeness (QED) is 0.901. The zero-order chi connectivity index (χ0) is 14.0. The van der Waals surface area contributed by atoms with Crippen LogP contribution in [0, 0.1) is 5.92 Å². The maximum absolute atomic E-state index is 12.0. The van der Waals surface area contributed by atoms with E-state index in [9.17, 15) is 9.59 Å². The summed E-state index contributed by atoms with van der Waals surface area (Å²) in [4.78, 5) is 25.5. The van der Waals surface area contributed by atoms with Gasteiger partial charge in [0, 0.05) is 17.5 Å². The maximum Gasteiger partial charge on any atom is 0.317 e. The van der Waals surface area contributed by atoms with Crippen molar-refractivity contribution < 1.29 is 14.7 Å². The van der Waals surface area contributed by atoms with Crippen molar-refractivity contribution in [2.24, 2.45) is 5.92 Å². The van der Waals surface area contributed by atoms with Crippen LogP contribution in [0.25, 0.3) is 0 Å². The maximum atomic E-state index is 12.0. The first-order valence-corrected chi connectivity index (χ1v) is 7.20. The number of amides is 2. The van der Waals surface area contributed by atoms with Gasteiger partial charge in [-0.05, 0) is 25.5 Å². The van der Waals surface area contributed by atoms with E-state index in [1.165, 1.54) is 11.3 Å². The van der Waals surface area contributed by atoms with Gasteiger partial charge in [0.25, 0.3) is 0 Å². The molecule has 104 valence electrons. The second kappa shape index (κ2) is 5.79. The van der Waals surface area contributed by atoms with Crippen molar-refractivity contribution in [1.82, 2.24) is 10.2 Å². The van der Waals surface area contributed by atoms with Crippen LogP contribution < -0.4 is 5.32 Å². The van der Waals surface area contributed by atoms with Crippen LogP contribution in [-0.4, -0.2) is 34.6 Å². The fourth-order valence-electron chi connectivity index (χ4n) is 2.27. The van der Waals surface area contributed by atoms with Crippen LogP contribution in [0.1, 0.15) is 18.2 Å². The second-order valence-electron chi connectivity index (χ2n) is 4.53. The second-order valence-corrected chi connectivity index (χ2v) is 6.33. The summed E-state index contributed by atoms with van der Waals surface area (Å²) < 4.78 is 0.685. The van der Waals surface area contributed by atoms with Gasteiger partial charge in [-0.15, -0.1) is 11.3 Å². The van der Waals surface area contributed by atoms with Crippen molar-refractivity contribution in [2.75, 3.05) is 6.54 Å². The summed E-state index contributed by atoms with van der Waals surface area (Å²) in [5, 5.41) is 11.8. The van der Waals surface area contributed by atoms with E-state index in [0.717, 1.165) is 4.88 Å². The summed E-state index contributed by atoms with van der Waals surface area (Å²) in [6.07, 6.45) is 0.509. The summed E-state index contributed by atoms with van der Waals surface area (Å²) >= 11 is 7.23. The molecule has 0 spiro atoms. The molecule has 19 heavy (non-hydrogen) atoms. The minimum absolute atomic E-state index is 0.222. The van der Waals surface area contributed by atoms with Crippen molar-refractivity contribution in [3.63, 3.8) is 0 Å². The molecule has 0 radical (unpaired) electrons. The number of rotatable bonds is 3. The number of hydrogen-bond donors (Lipinski definition) is 2. The highest BCUT2D eigenvalue weighted by atomic mass is 35.5. The summed E-state index contributed by atoms with van der Waals surface area (Å²) in [5.41, 5.74) is 0. The van der Waals surface area contributed by atoms with E-state index in [1.54, 1.807) is 17.9 Å². The van der Waals surface area contributed by atoms with Gasteiger partial charge < -0.3 is 15.3 Å². The smallest absolute Gasteiger partial charge is 0.317 e. The number of halogens is 1. The van der Waals surface area contributed by atoms with E-state index in [0.29, 0.717) is 23.8 Å². The van der Waals surface area contributed by atoms with E-state index in [1.807, 2.05) is 6.07 Å². The summed E-state index contributed by atoms with van der Waals surface area (Å²) in [6, 6.07) is 3.15. The summed E-state index contributed by atoms with van der Waals surface area (Å²) in [7, 11) is 0. The van der Waals surface area contributed by atoms with Gasteiger partial charge in [0.1, 0.15) is 0 Å². The number of urea groups is 1. The number of carboxylic acids is 1. The molecular weight excluding hydrogens is 288 g/mol. The molecule has 2 rings (SSSR count). The van der Waals surface area contributed by atoms with Crippen molar-refractivity contribution in [1.29, 1.82) is 0 Å². The molecule has 0 aromatic carbocycles. The molecule has 0 aliphatic carbocycles. The molecule has 1 fully saturated rings. The molecule has 1 aromatic rings. The summed E-state index contributed by atoms with van der Waals surface area (Å²) in [5.74, 6) is -1.31. The lowest BCUT2D eigenvalue weighted by molar-refractivity contribution is -0.142. The molecule has 0 bridgehead atoms. The SMILES string of the molecule is CC1C(C(=O)O)CCN1C(=O)NCc1ccc(Cl)s1. The monoisotopic (exact) mass is 302 g/mol. The zero-order valence-electron chi connectivity index (χ0n) is 10.4. The lowest BCUT2D eigenvalue weighted by Gasteiger charge is -2.23. The summed E-state index contributed by atoms with van der Waals surface area (Å²) in [6.45, 7) is 2.67. The molecule has 2 amide bonds. The third kappa shape index (κ3) is 3.19. The Labute approximate surface area is 120 Å². The highest BCUT2D eigenvalue weighted by Gasteiger charge is 2.37. The topological polar surface area (TPSA) is 69.6 Å². The Morgan fingerprint density at radius 1 is 1.58 bits per heavy atom. The highest BCUT2D eigenvalue weighted by molar-refractivity contribution is 7.16. The lowest BCUT2D eigenvalue weighted by Crippen LogP contribution is -2.43. The molecule has 1 aliphatic heterocycles. The first-order chi connectivity index (χ1) is 8.99. The minimum atomic E-state index is -0.840. The van der Waals surface area contributed by atoms with Crippen molar-refractivity contribution in [3.8, 4) is 0 Å². The Kier molecular flexibility index (Phi) is 4.31. The molecule has 2 heterocycles. The van der Waals surface area contributed by atoms with Gasteiger partial charge in [-0.1, -0.05) is 11.6 Å². The van der Waals surface area contributed by atoms with Crippen LogP contribution in [0.2, 0.25) is 4.34 Å². The molecule has 2 N–H and O–H groups in total. The van der Waals surface area contributed by atoms with Gasteiger partial charge in [-0.25, -0.2) is 4.79 Å². The van der Waals surface area contributed by atoms with Gasteiger partial charge >= 0.3 is 12.0 Å². The molecule has 1 aliphatic rings. The van der Waals surface area contributed by atoms with Gasteiger partial charge in [0.05, 0.1) is 16.8 Å². The number of carboxylic acid groups (broad SMARTS) is 1. The zero-order valence-corrected chi connectivity index (χ0v) is 12.0. The molecule has 2 atom stereocenters. The number of nitrogens with zero attached hydrogens (tertiary/aromatic N) is 1.